The van der Waals surface area contributed by atoms with Gasteiger partial charge in [-0.25, -0.2) is 0 Å². The van der Waals surface area contributed by atoms with E-state index in [1.54, 1.807) is 11.1 Å². The first-order valence-corrected chi connectivity index (χ1v) is 7.40. The van der Waals surface area contributed by atoms with Crippen LogP contribution < -0.4 is 0 Å². The zero-order chi connectivity index (χ0) is 13.5. The normalized spacial score (nSPS) is 23.6. The van der Waals surface area contributed by atoms with Crippen molar-refractivity contribution in [3.8, 4) is 0 Å². The minimum absolute atomic E-state index is 0.619. The molecule has 0 aliphatic heterocycles. The molecule has 0 radical (unpaired) electrons. The van der Waals surface area contributed by atoms with Crippen molar-refractivity contribution in [2.45, 2.75) is 13.3 Å². The van der Waals surface area contributed by atoms with Crippen molar-refractivity contribution >= 4 is 5.57 Å². The van der Waals surface area contributed by atoms with E-state index in [-0.39, 0.29) is 0 Å². The maximum Gasteiger partial charge on any atom is 0.0107 e. The molecule has 0 amide bonds. The fraction of sp³-hybridized carbons (Fsp3) is 0.200. The predicted octanol–water partition coefficient (Wildman–Crippen LogP) is 4.89. The number of benzene rings is 2. The van der Waals surface area contributed by atoms with Crippen LogP contribution in [0.15, 0.2) is 77.9 Å². The van der Waals surface area contributed by atoms with Crippen molar-refractivity contribution in [3.63, 3.8) is 0 Å². The molecule has 2 aromatic rings. The Kier molecular flexibility index (Phi) is 2.63. The number of hydrogen-bond donors (Lipinski definition) is 0. The SMILES string of the molecule is CC1C=C2C(c3ccccc3)=C1C2Cc1ccccc1. The van der Waals surface area contributed by atoms with Crippen molar-refractivity contribution in [1.82, 2.24) is 0 Å². The van der Waals surface area contributed by atoms with Crippen molar-refractivity contribution in [3.05, 3.63) is 89.0 Å². The van der Waals surface area contributed by atoms with Crippen molar-refractivity contribution in [2.24, 2.45) is 11.8 Å². The van der Waals surface area contributed by atoms with Crippen LogP contribution in [0.25, 0.3) is 5.57 Å². The first-order valence-electron chi connectivity index (χ1n) is 7.40. The molecule has 5 rings (SSSR count). The van der Waals surface area contributed by atoms with Gasteiger partial charge >= 0.3 is 0 Å². The lowest BCUT2D eigenvalue weighted by Crippen LogP contribution is -2.20. The van der Waals surface area contributed by atoms with E-state index in [2.05, 4.69) is 73.7 Å². The highest BCUT2D eigenvalue weighted by molar-refractivity contribution is 5.93. The van der Waals surface area contributed by atoms with E-state index < -0.39 is 0 Å². The lowest BCUT2D eigenvalue weighted by atomic mass is 9.71. The summed E-state index contributed by atoms with van der Waals surface area (Å²) < 4.78 is 0. The minimum atomic E-state index is 0.619. The highest BCUT2D eigenvalue weighted by atomic mass is 14.5. The van der Waals surface area contributed by atoms with Crippen LogP contribution in [-0.2, 0) is 6.42 Å². The third-order valence-electron chi connectivity index (χ3n) is 4.59. The van der Waals surface area contributed by atoms with E-state index in [0.29, 0.717) is 11.8 Å². The minimum Gasteiger partial charge on any atom is -0.0731 e. The summed E-state index contributed by atoms with van der Waals surface area (Å²) in [6.45, 7) is 2.33. The molecule has 3 aliphatic carbocycles. The number of fused-ring (bicyclic) bond motifs is 1. The van der Waals surface area contributed by atoms with Crippen molar-refractivity contribution < 1.29 is 0 Å². The predicted molar refractivity (Wildman–Crippen MR) is 84.2 cm³/mol. The Morgan fingerprint density at radius 2 is 1.50 bits per heavy atom. The van der Waals surface area contributed by atoms with Gasteiger partial charge in [0.15, 0.2) is 0 Å². The Bertz CT molecular complexity index is 689. The maximum atomic E-state index is 2.46. The third kappa shape index (κ3) is 1.68. The van der Waals surface area contributed by atoms with Gasteiger partial charge in [0.1, 0.15) is 0 Å². The molecule has 2 aromatic carbocycles. The topological polar surface area (TPSA) is 0 Å². The molecule has 3 aliphatic rings. The van der Waals surface area contributed by atoms with Gasteiger partial charge in [-0.3, -0.25) is 0 Å². The molecule has 0 heterocycles. The summed E-state index contributed by atoms with van der Waals surface area (Å²) in [6.07, 6.45) is 3.62. The molecule has 0 spiro atoms. The van der Waals surface area contributed by atoms with Gasteiger partial charge in [-0.15, -0.1) is 0 Å². The standard InChI is InChI=1S/C20H18/c1-14-12-17-18(13-15-8-4-2-5-9-15)19(14)20(17)16-10-6-3-7-11-16/h2-12,14,18H,13H2,1H3. The number of rotatable bonds is 3. The molecule has 0 heteroatoms. The van der Waals surface area contributed by atoms with E-state index in [4.69, 9.17) is 0 Å². The Labute approximate surface area is 120 Å². The molecule has 0 N–H and O–H groups in total. The summed E-state index contributed by atoms with van der Waals surface area (Å²) in [4.78, 5) is 0. The molecule has 20 heavy (non-hydrogen) atoms. The van der Waals surface area contributed by atoms with Crippen molar-refractivity contribution in [2.75, 3.05) is 0 Å². The molecule has 2 bridgehead atoms. The molecule has 0 saturated carbocycles. The largest absolute Gasteiger partial charge is 0.0731 e. The van der Waals surface area contributed by atoms with E-state index in [0.717, 1.165) is 6.42 Å². The third-order valence-corrected chi connectivity index (χ3v) is 4.59. The molecule has 0 fully saturated rings. The molecular weight excluding hydrogens is 240 g/mol. The highest BCUT2D eigenvalue weighted by Crippen LogP contribution is 2.56. The summed E-state index contributed by atoms with van der Waals surface area (Å²) in [6, 6.07) is 21.7. The first kappa shape index (κ1) is 11.7. The fourth-order valence-electron chi connectivity index (χ4n) is 3.72. The fourth-order valence-corrected chi connectivity index (χ4v) is 3.72. The molecule has 0 saturated heterocycles. The average molecular weight is 258 g/mol. The molecule has 0 aromatic heterocycles. The Hall–Kier alpha value is -2.08. The van der Waals surface area contributed by atoms with E-state index in [9.17, 15) is 0 Å². The maximum absolute atomic E-state index is 2.46. The Morgan fingerprint density at radius 3 is 2.10 bits per heavy atom. The van der Waals surface area contributed by atoms with Gasteiger partial charge in [0.2, 0.25) is 0 Å². The lowest BCUT2D eigenvalue weighted by molar-refractivity contribution is 0.665. The second kappa shape index (κ2) is 4.49. The summed E-state index contributed by atoms with van der Waals surface area (Å²) in [5.74, 6) is 1.27. The average Bonchev–Trinajstić information content (AvgIpc) is 3.00. The Morgan fingerprint density at radius 1 is 0.850 bits per heavy atom. The quantitative estimate of drug-likeness (QED) is 0.735. The van der Waals surface area contributed by atoms with Crippen LogP contribution in [-0.4, -0.2) is 0 Å². The second-order valence-electron chi connectivity index (χ2n) is 5.85. The van der Waals surface area contributed by atoms with Gasteiger partial charge in [-0.05, 0) is 40.2 Å². The van der Waals surface area contributed by atoms with Gasteiger partial charge in [0.05, 0.1) is 0 Å². The van der Waals surface area contributed by atoms with Crippen LogP contribution in [0, 0.1) is 11.8 Å². The second-order valence-corrected chi connectivity index (χ2v) is 5.85. The van der Waals surface area contributed by atoms with Gasteiger partial charge < -0.3 is 0 Å². The molecule has 98 valence electrons. The lowest BCUT2D eigenvalue weighted by Gasteiger charge is -2.33. The van der Waals surface area contributed by atoms with Gasteiger partial charge in [0.25, 0.3) is 0 Å². The summed E-state index contributed by atoms with van der Waals surface area (Å²) >= 11 is 0. The van der Waals surface area contributed by atoms with E-state index in [1.807, 2.05) is 0 Å². The first-order chi connectivity index (χ1) is 9.84. The van der Waals surface area contributed by atoms with Gasteiger partial charge in [0, 0.05) is 5.92 Å². The van der Waals surface area contributed by atoms with Crippen molar-refractivity contribution in [1.29, 1.82) is 0 Å². The van der Waals surface area contributed by atoms with E-state index in [1.165, 1.54) is 16.7 Å². The van der Waals surface area contributed by atoms with Gasteiger partial charge in [-0.1, -0.05) is 73.7 Å². The monoisotopic (exact) mass is 258 g/mol. The summed E-state index contributed by atoms with van der Waals surface area (Å²) in [5.41, 5.74) is 7.58. The van der Waals surface area contributed by atoms with Crippen LogP contribution in [0.3, 0.4) is 0 Å². The van der Waals surface area contributed by atoms with E-state index >= 15 is 0 Å². The number of allylic oxidation sites excluding steroid dienone is 4. The Balaban J connectivity index is 1.67. The highest BCUT2D eigenvalue weighted by Gasteiger charge is 2.42. The van der Waals surface area contributed by atoms with Crippen LogP contribution in [0.2, 0.25) is 0 Å². The van der Waals surface area contributed by atoms with Crippen LogP contribution in [0.5, 0.6) is 0 Å². The zero-order valence-electron chi connectivity index (χ0n) is 11.7. The van der Waals surface area contributed by atoms with Gasteiger partial charge in [-0.2, -0.15) is 0 Å². The summed E-state index contributed by atoms with van der Waals surface area (Å²) in [7, 11) is 0. The number of hydrogen-bond acceptors (Lipinski definition) is 0. The smallest absolute Gasteiger partial charge is 0.0107 e. The molecule has 0 nitrogen and oxygen atoms in total. The van der Waals surface area contributed by atoms with Crippen LogP contribution in [0.1, 0.15) is 18.1 Å². The summed E-state index contributed by atoms with van der Waals surface area (Å²) in [5, 5.41) is 0. The van der Waals surface area contributed by atoms with Crippen LogP contribution >= 0.6 is 0 Å². The molecule has 2 unspecified atom stereocenters. The zero-order valence-corrected chi connectivity index (χ0v) is 11.7. The molecule has 2 atom stereocenters. The van der Waals surface area contributed by atoms with Crippen LogP contribution in [0.4, 0.5) is 0 Å². The molecular formula is C20H18.